The fourth-order valence-electron chi connectivity index (χ4n) is 1.80. The molecule has 0 saturated heterocycles. The Bertz CT molecular complexity index is 439. The minimum Gasteiger partial charge on any atom is -0.308 e. The first-order chi connectivity index (χ1) is 9.05. The maximum atomic E-state index is 13.0. The summed E-state index contributed by atoms with van der Waals surface area (Å²) in [5, 5.41) is 3.19. The smallest absolute Gasteiger partial charge is 0.308 e. The van der Waals surface area contributed by atoms with Gasteiger partial charge in [-0.05, 0) is 46.5 Å². The van der Waals surface area contributed by atoms with E-state index in [4.69, 9.17) is 0 Å². The Hall–Kier alpha value is -1.07. The molecule has 1 N–H and O–H groups in total. The van der Waals surface area contributed by atoms with Gasteiger partial charge in [-0.2, -0.15) is 13.2 Å². The molecule has 5 heteroatoms. The van der Waals surface area contributed by atoms with E-state index in [2.05, 4.69) is 5.32 Å². The van der Waals surface area contributed by atoms with Gasteiger partial charge in [0.25, 0.3) is 0 Å². The van der Waals surface area contributed by atoms with Gasteiger partial charge in [0.15, 0.2) is 0 Å². The molecule has 1 atom stereocenters. The van der Waals surface area contributed by atoms with Crippen molar-refractivity contribution in [3.63, 3.8) is 0 Å². The van der Waals surface area contributed by atoms with Gasteiger partial charge in [0.1, 0.15) is 0 Å². The van der Waals surface area contributed by atoms with Crippen molar-refractivity contribution in [1.82, 2.24) is 10.2 Å². The third-order valence-electron chi connectivity index (χ3n) is 3.78. The van der Waals surface area contributed by atoms with Gasteiger partial charge in [0.2, 0.25) is 0 Å². The molecule has 0 aliphatic heterocycles. The zero-order valence-corrected chi connectivity index (χ0v) is 12.7. The molecular weight excluding hydrogens is 265 g/mol. The highest BCUT2D eigenvalue weighted by molar-refractivity contribution is 5.32. The Morgan fingerprint density at radius 3 is 2.20 bits per heavy atom. The van der Waals surface area contributed by atoms with Gasteiger partial charge in [-0.3, -0.25) is 0 Å². The predicted octanol–water partition coefficient (Wildman–Crippen LogP) is 3.70. The summed E-state index contributed by atoms with van der Waals surface area (Å²) in [6.07, 6.45) is -4.32. The molecule has 0 aromatic heterocycles. The van der Waals surface area contributed by atoms with E-state index < -0.39 is 11.7 Å². The summed E-state index contributed by atoms with van der Waals surface area (Å²) in [5.41, 5.74) is -0.404. The van der Waals surface area contributed by atoms with Crippen LogP contribution < -0.4 is 5.32 Å². The zero-order valence-electron chi connectivity index (χ0n) is 12.7. The quantitative estimate of drug-likeness (QED) is 0.889. The topological polar surface area (TPSA) is 15.3 Å². The number of halogens is 3. The number of hydrogen-bond acceptors (Lipinski definition) is 2. The van der Waals surface area contributed by atoms with Crippen molar-refractivity contribution in [3.05, 3.63) is 35.4 Å². The summed E-state index contributed by atoms with van der Waals surface area (Å²) in [6.45, 7) is 6.45. The molecule has 0 radical (unpaired) electrons. The molecule has 0 aliphatic rings. The first kappa shape index (κ1) is 17.0. The van der Waals surface area contributed by atoms with Crippen molar-refractivity contribution < 1.29 is 13.2 Å². The van der Waals surface area contributed by atoms with Gasteiger partial charge in [0, 0.05) is 18.1 Å². The van der Waals surface area contributed by atoms with E-state index in [1.807, 2.05) is 32.8 Å². The van der Waals surface area contributed by atoms with E-state index in [1.54, 1.807) is 13.0 Å². The molecule has 1 unspecified atom stereocenters. The van der Waals surface area contributed by atoms with Gasteiger partial charge in [-0.1, -0.05) is 18.2 Å². The van der Waals surface area contributed by atoms with E-state index >= 15 is 0 Å². The molecule has 0 spiro atoms. The van der Waals surface area contributed by atoms with Crippen LogP contribution in [0.4, 0.5) is 13.2 Å². The first-order valence-electron chi connectivity index (χ1n) is 6.62. The number of likely N-dealkylation sites (N-methyl/N-ethyl adjacent to an activating group) is 1. The highest BCUT2D eigenvalue weighted by atomic mass is 19.4. The summed E-state index contributed by atoms with van der Waals surface area (Å²) in [6, 6.07) is 5.36. The molecule has 0 heterocycles. The number of nitrogens with zero attached hydrogens (tertiary/aromatic N) is 1. The van der Waals surface area contributed by atoms with Crippen LogP contribution in [0.15, 0.2) is 24.3 Å². The third-order valence-corrected chi connectivity index (χ3v) is 3.78. The zero-order chi connectivity index (χ0) is 15.6. The molecule has 114 valence electrons. The summed E-state index contributed by atoms with van der Waals surface area (Å²) in [4.78, 5) is 2.04. The Morgan fingerprint density at radius 1 is 1.15 bits per heavy atom. The lowest BCUT2D eigenvalue weighted by Gasteiger charge is -2.34. The van der Waals surface area contributed by atoms with Gasteiger partial charge >= 0.3 is 6.18 Å². The molecule has 1 aromatic rings. The Labute approximate surface area is 119 Å². The van der Waals surface area contributed by atoms with Crippen LogP contribution in [0.25, 0.3) is 0 Å². The molecule has 0 saturated carbocycles. The Balaban J connectivity index is 2.86. The van der Waals surface area contributed by atoms with Gasteiger partial charge < -0.3 is 10.2 Å². The van der Waals surface area contributed by atoms with E-state index in [0.29, 0.717) is 6.54 Å². The van der Waals surface area contributed by atoms with Crippen molar-refractivity contribution in [2.45, 2.75) is 38.5 Å². The van der Waals surface area contributed by atoms with Crippen molar-refractivity contribution in [2.24, 2.45) is 0 Å². The van der Waals surface area contributed by atoms with Crippen LogP contribution in [-0.2, 0) is 6.18 Å². The second-order valence-corrected chi connectivity index (χ2v) is 5.89. The lowest BCUT2D eigenvalue weighted by molar-refractivity contribution is -0.138. The van der Waals surface area contributed by atoms with E-state index in [1.165, 1.54) is 12.1 Å². The van der Waals surface area contributed by atoms with Crippen LogP contribution in [0.3, 0.4) is 0 Å². The Morgan fingerprint density at radius 2 is 1.70 bits per heavy atom. The number of alkyl halides is 3. The molecule has 1 rings (SSSR count). The molecule has 2 nitrogen and oxygen atoms in total. The fourth-order valence-corrected chi connectivity index (χ4v) is 1.80. The lowest BCUT2D eigenvalue weighted by atomic mass is 9.99. The minimum atomic E-state index is -4.32. The van der Waals surface area contributed by atoms with Crippen LogP contribution in [0, 0.1) is 0 Å². The summed E-state index contributed by atoms with van der Waals surface area (Å²) in [7, 11) is 3.91. The van der Waals surface area contributed by atoms with Gasteiger partial charge in [0.05, 0.1) is 5.56 Å². The minimum absolute atomic E-state index is 0.124. The maximum absolute atomic E-state index is 13.0. The van der Waals surface area contributed by atoms with Gasteiger partial charge in [-0.25, -0.2) is 0 Å². The fraction of sp³-hybridized carbons (Fsp3) is 0.600. The molecule has 0 amide bonds. The molecule has 0 aliphatic carbocycles. The first-order valence-corrected chi connectivity index (χ1v) is 6.62. The van der Waals surface area contributed by atoms with E-state index in [-0.39, 0.29) is 17.1 Å². The van der Waals surface area contributed by atoms with Crippen LogP contribution >= 0.6 is 0 Å². The van der Waals surface area contributed by atoms with Crippen molar-refractivity contribution in [1.29, 1.82) is 0 Å². The van der Waals surface area contributed by atoms with Crippen LogP contribution in [-0.4, -0.2) is 31.1 Å². The van der Waals surface area contributed by atoms with E-state index in [9.17, 15) is 13.2 Å². The molecule has 0 bridgehead atoms. The summed E-state index contributed by atoms with van der Waals surface area (Å²) in [5.74, 6) is 0. The molecule has 20 heavy (non-hydrogen) atoms. The third kappa shape index (κ3) is 4.21. The average molecular weight is 288 g/mol. The highest BCUT2D eigenvalue weighted by Gasteiger charge is 2.34. The predicted molar refractivity (Wildman–Crippen MR) is 75.6 cm³/mol. The monoisotopic (exact) mass is 288 g/mol. The summed E-state index contributed by atoms with van der Waals surface area (Å²) >= 11 is 0. The van der Waals surface area contributed by atoms with Crippen LogP contribution in [0.5, 0.6) is 0 Å². The molecule has 0 fully saturated rings. The van der Waals surface area contributed by atoms with E-state index in [0.717, 1.165) is 6.07 Å². The second kappa shape index (κ2) is 6.14. The van der Waals surface area contributed by atoms with Crippen LogP contribution in [0.2, 0.25) is 0 Å². The number of benzene rings is 1. The summed E-state index contributed by atoms with van der Waals surface area (Å²) < 4.78 is 38.9. The lowest BCUT2D eigenvalue weighted by Crippen LogP contribution is -2.47. The SMILES string of the molecule is CC(NCC(C)(C)N(C)C)c1ccccc1C(F)(F)F. The molecular formula is C15H23F3N2. The average Bonchev–Trinajstić information content (AvgIpc) is 2.35. The van der Waals surface area contributed by atoms with Crippen molar-refractivity contribution >= 4 is 0 Å². The van der Waals surface area contributed by atoms with Crippen LogP contribution in [0.1, 0.15) is 37.9 Å². The largest absolute Gasteiger partial charge is 0.416 e. The van der Waals surface area contributed by atoms with Gasteiger partial charge in [-0.15, -0.1) is 0 Å². The number of hydrogen-bond donors (Lipinski definition) is 1. The second-order valence-electron chi connectivity index (χ2n) is 5.89. The Kier molecular flexibility index (Phi) is 5.21. The van der Waals surface area contributed by atoms with Crippen molar-refractivity contribution in [3.8, 4) is 0 Å². The highest BCUT2D eigenvalue weighted by Crippen LogP contribution is 2.34. The standard InChI is InChI=1S/C15H23F3N2/c1-11(19-10-14(2,3)20(4)5)12-8-6-7-9-13(12)15(16,17)18/h6-9,11,19H,10H2,1-5H3. The van der Waals surface area contributed by atoms with Crippen molar-refractivity contribution in [2.75, 3.05) is 20.6 Å². The maximum Gasteiger partial charge on any atom is 0.416 e. The number of nitrogens with one attached hydrogen (secondary N) is 1. The molecule has 1 aromatic carbocycles. The normalized spacial score (nSPS) is 14.7. The number of rotatable bonds is 5.